The Kier molecular flexibility index (Phi) is 6.74. The molecule has 0 saturated carbocycles. The molecule has 32 heavy (non-hydrogen) atoms. The van der Waals surface area contributed by atoms with Gasteiger partial charge in [0.15, 0.2) is 0 Å². The van der Waals surface area contributed by atoms with Gasteiger partial charge in [-0.25, -0.2) is 0 Å². The molecule has 0 atom stereocenters. The first-order chi connectivity index (χ1) is 15.5. The van der Waals surface area contributed by atoms with Crippen LogP contribution >= 0.6 is 0 Å². The van der Waals surface area contributed by atoms with Crippen molar-refractivity contribution in [3.05, 3.63) is 77.4 Å². The van der Waals surface area contributed by atoms with E-state index in [1.54, 1.807) is 0 Å². The lowest BCUT2D eigenvalue weighted by atomic mass is 10.1. The van der Waals surface area contributed by atoms with Crippen LogP contribution < -0.4 is 10.1 Å². The number of benzene rings is 3. The average molecular weight is 431 g/mol. The van der Waals surface area contributed by atoms with E-state index in [4.69, 9.17) is 4.74 Å². The van der Waals surface area contributed by atoms with Crippen molar-refractivity contribution in [2.45, 2.75) is 39.2 Å². The van der Waals surface area contributed by atoms with E-state index >= 15 is 0 Å². The quantitative estimate of drug-likeness (QED) is 0.619. The second-order valence-electron chi connectivity index (χ2n) is 8.53. The van der Waals surface area contributed by atoms with Crippen molar-refractivity contribution in [3.8, 4) is 5.75 Å². The standard InChI is InChI=1S/C27H30N2O3/c1-19-7-8-20(2)25(17-19)32-24-12-15-29(16-13-24)26(30)11-14-28-27(31)23-10-9-21-5-3-4-6-22(21)18-23/h3-10,17-18,24H,11-16H2,1-2H3,(H,28,31). The first-order valence-corrected chi connectivity index (χ1v) is 11.3. The average Bonchev–Trinajstić information content (AvgIpc) is 2.81. The van der Waals surface area contributed by atoms with E-state index in [0.29, 0.717) is 31.6 Å². The summed E-state index contributed by atoms with van der Waals surface area (Å²) in [5.41, 5.74) is 2.93. The Labute approximate surface area is 189 Å². The zero-order valence-corrected chi connectivity index (χ0v) is 18.8. The lowest BCUT2D eigenvalue weighted by molar-refractivity contribution is -0.132. The van der Waals surface area contributed by atoms with E-state index < -0.39 is 0 Å². The highest BCUT2D eigenvalue weighted by Crippen LogP contribution is 2.24. The van der Waals surface area contributed by atoms with Gasteiger partial charge in [0.25, 0.3) is 5.91 Å². The van der Waals surface area contributed by atoms with Gasteiger partial charge >= 0.3 is 0 Å². The Morgan fingerprint density at radius 3 is 2.50 bits per heavy atom. The summed E-state index contributed by atoms with van der Waals surface area (Å²) in [6, 6.07) is 19.8. The van der Waals surface area contributed by atoms with Crippen molar-refractivity contribution in [1.29, 1.82) is 0 Å². The van der Waals surface area contributed by atoms with Crippen LogP contribution in [-0.2, 0) is 4.79 Å². The van der Waals surface area contributed by atoms with Gasteiger partial charge in [-0.15, -0.1) is 0 Å². The third-order valence-corrected chi connectivity index (χ3v) is 6.07. The van der Waals surface area contributed by atoms with E-state index in [0.717, 1.165) is 34.9 Å². The van der Waals surface area contributed by atoms with Crippen LogP contribution in [0.4, 0.5) is 0 Å². The molecule has 0 bridgehead atoms. The summed E-state index contributed by atoms with van der Waals surface area (Å²) in [5, 5.41) is 5.01. The Morgan fingerprint density at radius 2 is 1.72 bits per heavy atom. The number of ether oxygens (including phenoxy) is 1. The highest BCUT2D eigenvalue weighted by atomic mass is 16.5. The monoisotopic (exact) mass is 430 g/mol. The third-order valence-electron chi connectivity index (χ3n) is 6.07. The zero-order chi connectivity index (χ0) is 22.5. The normalized spacial score (nSPS) is 14.4. The van der Waals surface area contributed by atoms with Crippen molar-refractivity contribution in [3.63, 3.8) is 0 Å². The second-order valence-corrected chi connectivity index (χ2v) is 8.53. The van der Waals surface area contributed by atoms with Gasteiger partial charge < -0.3 is 15.0 Å². The van der Waals surface area contributed by atoms with Gasteiger partial charge in [0.2, 0.25) is 5.91 Å². The molecular formula is C27H30N2O3. The Bertz CT molecular complexity index is 1120. The Balaban J connectivity index is 1.22. The first-order valence-electron chi connectivity index (χ1n) is 11.3. The molecule has 5 heteroatoms. The number of likely N-dealkylation sites (tertiary alicyclic amines) is 1. The van der Waals surface area contributed by atoms with Crippen LogP contribution in [0, 0.1) is 13.8 Å². The second kappa shape index (κ2) is 9.86. The molecule has 0 radical (unpaired) electrons. The minimum Gasteiger partial charge on any atom is -0.490 e. The molecule has 1 heterocycles. The number of rotatable bonds is 6. The maximum atomic E-state index is 12.6. The smallest absolute Gasteiger partial charge is 0.251 e. The first kappa shape index (κ1) is 21.9. The van der Waals surface area contributed by atoms with Crippen molar-refractivity contribution < 1.29 is 14.3 Å². The lowest BCUT2D eigenvalue weighted by Crippen LogP contribution is -2.42. The highest BCUT2D eigenvalue weighted by molar-refractivity contribution is 5.98. The summed E-state index contributed by atoms with van der Waals surface area (Å²) in [6.45, 7) is 5.83. The van der Waals surface area contributed by atoms with Crippen LogP contribution in [0.5, 0.6) is 5.75 Å². The molecule has 1 aliphatic rings. The topological polar surface area (TPSA) is 58.6 Å². The number of hydrogen-bond acceptors (Lipinski definition) is 3. The number of amides is 2. The molecule has 2 amide bonds. The number of nitrogens with zero attached hydrogens (tertiary/aromatic N) is 1. The van der Waals surface area contributed by atoms with Crippen LogP contribution in [0.1, 0.15) is 40.7 Å². The molecule has 5 nitrogen and oxygen atoms in total. The number of carbonyl (C=O) groups is 2. The van der Waals surface area contributed by atoms with E-state index in [2.05, 4.69) is 37.4 Å². The van der Waals surface area contributed by atoms with Gasteiger partial charge in [0.05, 0.1) is 0 Å². The van der Waals surface area contributed by atoms with Gasteiger partial charge in [-0.3, -0.25) is 9.59 Å². The van der Waals surface area contributed by atoms with Crippen LogP contribution in [-0.4, -0.2) is 42.5 Å². The van der Waals surface area contributed by atoms with E-state index in [1.807, 2.05) is 47.4 Å². The molecule has 1 fully saturated rings. The number of piperidine rings is 1. The predicted molar refractivity (Wildman–Crippen MR) is 127 cm³/mol. The Morgan fingerprint density at radius 1 is 0.969 bits per heavy atom. The summed E-state index contributed by atoms with van der Waals surface area (Å²) in [5.74, 6) is 0.865. The molecule has 1 saturated heterocycles. The molecular weight excluding hydrogens is 400 g/mol. The lowest BCUT2D eigenvalue weighted by Gasteiger charge is -2.32. The van der Waals surface area contributed by atoms with Crippen molar-refractivity contribution in [1.82, 2.24) is 10.2 Å². The van der Waals surface area contributed by atoms with E-state index in [9.17, 15) is 9.59 Å². The summed E-state index contributed by atoms with van der Waals surface area (Å²) in [6.07, 6.45) is 2.08. The number of hydrogen-bond donors (Lipinski definition) is 1. The highest BCUT2D eigenvalue weighted by Gasteiger charge is 2.24. The SMILES string of the molecule is Cc1ccc(C)c(OC2CCN(C(=O)CCNC(=O)c3ccc4ccccc4c3)CC2)c1. The zero-order valence-electron chi connectivity index (χ0n) is 18.8. The van der Waals surface area contributed by atoms with Crippen molar-refractivity contribution in [2.24, 2.45) is 0 Å². The molecule has 4 rings (SSSR count). The fourth-order valence-electron chi connectivity index (χ4n) is 4.11. The van der Waals surface area contributed by atoms with Crippen LogP contribution in [0.15, 0.2) is 60.7 Å². The molecule has 0 unspecified atom stereocenters. The molecule has 3 aromatic carbocycles. The van der Waals surface area contributed by atoms with Crippen LogP contribution in [0.25, 0.3) is 10.8 Å². The van der Waals surface area contributed by atoms with Crippen LogP contribution in [0.2, 0.25) is 0 Å². The minimum atomic E-state index is -0.149. The number of carbonyl (C=O) groups excluding carboxylic acids is 2. The van der Waals surface area contributed by atoms with Gasteiger partial charge in [0, 0.05) is 44.5 Å². The van der Waals surface area contributed by atoms with Gasteiger partial charge in [-0.05, 0) is 53.9 Å². The number of nitrogens with one attached hydrogen (secondary N) is 1. The number of aryl methyl sites for hydroxylation is 2. The van der Waals surface area contributed by atoms with Crippen LogP contribution in [0.3, 0.4) is 0 Å². The number of fused-ring (bicyclic) bond motifs is 1. The van der Waals surface area contributed by atoms with E-state index in [1.165, 1.54) is 5.56 Å². The summed E-state index contributed by atoms with van der Waals surface area (Å²) >= 11 is 0. The molecule has 1 aliphatic heterocycles. The third kappa shape index (κ3) is 5.28. The van der Waals surface area contributed by atoms with Gasteiger partial charge in [-0.1, -0.05) is 42.5 Å². The molecule has 1 N–H and O–H groups in total. The Hall–Kier alpha value is -3.34. The minimum absolute atomic E-state index is 0.0778. The fraction of sp³-hybridized carbons (Fsp3) is 0.333. The molecule has 0 aliphatic carbocycles. The van der Waals surface area contributed by atoms with Crippen molar-refractivity contribution >= 4 is 22.6 Å². The van der Waals surface area contributed by atoms with Crippen molar-refractivity contribution in [2.75, 3.05) is 19.6 Å². The maximum Gasteiger partial charge on any atom is 0.251 e. The fourth-order valence-corrected chi connectivity index (χ4v) is 4.11. The van der Waals surface area contributed by atoms with Gasteiger partial charge in [0.1, 0.15) is 11.9 Å². The molecule has 3 aromatic rings. The summed E-state index contributed by atoms with van der Waals surface area (Å²) in [7, 11) is 0. The maximum absolute atomic E-state index is 12.6. The largest absolute Gasteiger partial charge is 0.490 e. The molecule has 0 spiro atoms. The summed E-state index contributed by atoms with van der Waals surface area (Å²) < 4.78 is 6.19. The molecule has 166 valence electrons. The predicted octanol–water partition coefficient (Wildman–Crippen LogP) is 4.65. The van der Waals surface area contributed by atoms with Gasteiger partial charge in [-0.2, -0.15) is 0 Å². The van der Waals surface area contributed by atoms with E-state index in [-0.39, 0.29) is 17.9 Å². The molecule has 0 aromatic heterocycles. The summed E-state index contributed by atoms with van der Waals surface area (Å²) in [4.78, 5) is 26.9.